The largest absolute Gasteiger partial charge is 0.508 e. The molecule has 2 aliphatic rings. The first-order valence-electron chi connectivity index (χ1n) is 21.4. The number of carboxylic acid groups (broad SMARTS) is 1. The quantitative estimate of drug-likeness (QED) is 0.0317. The summed E-state index contributed by atoms with van der Waals surface area (Å²) in [6.07, 6.45) is 13.1. The van der Waals surface area contributed by atoms with Gasteiger partial charge in [0.25, 0.3) is 0 Å². The second-order valence-electron chi connectivity index (χ2n) is 15.5. The number of rotatable bonds is 16. The number of carbonyl (C=O) groups is 2. The van der Waals surface area contributed by atoms with Crippen molar-refractivity contribution in [2.45, 2.75) is 76.8 Å². The molecule has 0 saturated carbocycles. The van der Waals surface area contributed by atoms with Gasteiger partial charge in [-0.15, -0.1) is 22.7 Å². The maximum Gasteiger partial charge on any atom is 0.317 e. The number of phenolic OH excluding ortho intramolecular Hbond substituents is 1. The van der Waals surface area contributed by atoms with E-state index in [1.165, 1.54) is 26.6 Å². The third-order valence-corrected chi connectivity index (χ3v) is 12.8. The highest BCUT2D eigenvalue weighted by molar-refractivity contribution is 7.10. The van der Waals surface area contributed by atoms with Gasteiger partial charge >= 0.3 is 11.9 Å². The molecule has 7 rings (SSSR count). The van der Waals surface area contributed by atoms with Gasteiger partial charge < -0.3 is 24.7 Å². The zero-order valence-corrected chi connectivity index (χ0v) is 38.8. The summed E-state index contributed by atoms with van der Waals surface area (Å²) < 4.78 is 5.44. The maximum absolute atomic E-state index is 11.8. The normalized spacial score (nSPS) is 14.6. The first-order chi connectivity index (χ1) is 31.0. The lowest BCUT2D eigenvalue weighted by molar-refractivity contribution is -0.135. The summed E-state index contributed by atoms with van der Waals surface area (Å²) in [6.45, 7) is 4.77. The molecule has 15 nitrogen and oxygen atoms in total. The third-order valence-electron chi connectivity index (χ3n) is 10.9. The molecule has 2 N–H and O–H groups in total. The molecule has 0 aliphatic heterocycles. The van der Waals surface area contributed by atoms with Crippen LogP contribution in [-0.4, -0.2) is 103 Å². The smallest absolute Gasteiger partial charge is 0.317 e. The number of aliphatic carboxylic acids is 1. The van der Waals surface area contributed by atoms with Gasteiger partial charge in [-0.1, -0.05) is 53.6 Å². The first kappa shape index (κ1) is 50.7. The van der Waals surface area contributed by atoms with Crippen molar-refractivity contribution in [2.24, 2.45) is 10.2 Å². The highest BCUT2D eigenvalue weighted by Crippen LogP contribution is 2.33. The van der Waals surface area contributed by atoms with E-state index in [1.807, 2.05) is 72.0 Å². The Hall–Kier alpha value is -5.93. The molecule has 0 unspecified atom stereocenters. The van der Waals surface area contributed by atoms with Crippen LogP contribution in [0.1, 0.15) is 58.2 Å². The van der Waals surface area contributed by atoms with Gasteiger partial charge in [0.1, 0.15) is 24.6 Å². The molecule has 5 aromatic rings. The number of pyridine rings is 1. The summed E-state index contributed by atoms with van der Waals surface area (Å²) >= 11 is 3.67. The van der Waals surface area contributed by atoms with E-state index < -0.39 is 18.5 Å². The van der Waals surface area contributed by atoms with Crippen LogP contribution in [0, 0.1) is 0 Å². The molecule has 2 atom stereocenters. The van der Waals surface area contributed by atoms with Crippen molar-refractivity contribution in [1.29, 1.82) is 0 Å². The number of esters is 1. The third kappa shape index (κ3) is 17.3. The van der Waals surface area contributed by atoms with Gasteiger partial charge in [0, 0.05) is 76.9 Å². The minimum Gasteiger partial charge on any atom is -0.508 e. The first-order valence-corrected chi connectivity index (χ1v) is 23.2. The summed E-state index contributed by atoms with van der Waals surface area (Å²) in [7, 11) is 6.25. The Morgan fingerprint density at radius 3 is 1.95 bits per heavy atom. The number of likely N-dealkylation sites (N-methyl/N-ethyl adjacent to an activating group) is 1. The number of aromatic hydroxyl groups is 1. The number of azide groups is 2. The van der Waals surface area contributed by atoms with Crippen molar-refractivity contribution in [3.8, 4) is 11.5 Å². The van der Waals surface area contributed by atoms with Gasteiger partial charge in [-0.2, -0.15) is 0 Å². The fourth-order valence-electron chi connectivity index (χ4n) is 7.68. The summed E-state index contributed by atoms with van der Waals surface area (Å²) in [5.74, 6) is -0.549. The number of nitrogens with zero attached hydrogens (tertiary/aromatic N) is 10. The second kappa shape index (κ2) is 28.0. The van der Waals surface area contributed by atoms with Crippen LogP contribution < -0.4 is 9.64 Å². The molecule has 2 aliphatic carbocycles. The van der Waals surface area contributed by atoms with Gasteiger partial charge in [0.2, 0.25) is 0 Å². The van der Waals surface area contributed by atoms with Gasteiger partial charge in [-0.3, -0.25) is 19.5 Å². The minimum absolute atomic E-state index is 0.282. The predicted octanol–water partition coefficient (Wildman–Crippen LogP) is 9.79. The molecule has 17 heteroatoms. The van der Waals surface area contributed by atoms with E-state index in [0.717, 1.165) is 88.5 Å². The van der Waals surface area contributed by atoms with E-state index in [0.29, 0.717) is 23.6 Å². The minimum atomic E-state index is -1.11. The number of ether oxygens (including phenoxy) is 1. The van der Waals surface area contributed by atoms with E-state index in [-0.39, 0.29) is 6.54 Å². The standard InChI is InChI=1S/C21H26N4O2S.C17H21NOS.C7H10N2.C2H3N3O2/c1-2-11-25(12-10-18-6-4-13-28-18)17-8-9-19-16(14-17)5-3-7-20(19)27-21(26)15-23-24-22;1-18(10-9-15-5-3-11-20-15)14-7-8-16-13(12-14)4-2-6-17(16)19;1-9(2)7-3-5-8-6-4-7;3-5-4-1-2(6)7/h3-7,13,17H,2,8-12,14-15H2,1H3;2-6,11,14,19H,7-10,12H2,1H3;3-6H,1-2H3;1H2,(H,6,7)/t17-;14-;;/m00../s1. The van der Waals surface area contributed by atoms with Crippen LogP contribution in [0.5, 0.6) is 11.5 Å². The van der Waals surface area contributed by atoms with Crippen molar-refractivity contribution in [3.63, 3.8) is 0 Å². The molecule has 3 heterocycles. The number of hydrogen-bond acceptors (Lipinski definition) is 12. The number of aromatic nitrogens is 1. The molecule has 0 amide bonds. The Morgan fingerprint density at radius 2 is 1.38 bits per heavy atom. The summed E-state index contributed by atoms with van der Waals surface area (Å²) in [5, 5.41) is 28.0. The number of thiophene rings is 2. The topological polar surface area (TPSA) is 204 Å². The second-order valence-corrected chi connectivity index (χ2v) is 17.6. The van der Waals surface area contributed by atoms with Crippen LogP contribution in [0.25, 0.3) is 20.9 Å². The number of anilines is 1. The van der Waals surface area contributed by atoms with Crippen LogP contribution in [0.3, 0.4) is 0 Å². The van der Waals surface area contributed by atoms with Crippen molar-refractivity contribution in [1.82, 2.24) is 14.8 Å². The van der Waals surface area contributed by atoms with E-state index in [2.05, 4.69) is 96.0 Å². The van der Waals surface area contributed by atoms with Crippen molar-refractivity contribution >= 4 is 40.3 Å². The van der Waals surface area contributed by atoms with E-state index in [9.17, 15) is 14.7 Å². The monoisotopic (exact) mass is 908 g/mol. The molecule has 340 valence electrons. The number of benzene rings is 2. The van der Waals surface area contributed by atoms with E-state index in [1.54, 1.807) is 18.5 Å². The molecule has 0 radical (unpaired) electrons. The molecule has 64 heavy (non-hydrogen) atoms. The zero-order chi connectivity index (χ0) is 46.1. The van der Waals surface area contributed by atoms with Crippen LogP contribution in [0.15, 0.2) is 106 Å². The van der Waals surface area contributed by atoms with E-state index >= 15 is 0 Å². The van der Waals surface area contributed by atoms with Crippen molar-refractivity contribution < 1.29 is 24.5 Å². The van der Waals surface area contributed by atoms with Gasteiger partial charge in [0.15, 0.2) is 0 Å². The number of phenols is 1. The molecular weight excluding hydrogens is 849 g/mol. The predicted molar refractivity (Wildman–Crippen MR) is 257 cm³/mol. The average molecular weight is 909 g/mol. The Kier molecular flexibility index (Phi) is 22.2. The number of fused-ring (bicyclic) bond motifs is 2. The summed E-state index contributed by atoms with van der Waals surface area (Å²) in [4.78, 5) is 40.1. The highest BCUT2D eigenvalue weighted by atomic mass is 32.1. The molecule has 0 bridgehead atoms. The molecule has 2 aromatic carbocycles. The molecule has 3 aromatic heterocycles. The molecule has 0 spiro atoms. The number of carboxylic acids is 1. The summed E-state index contributed by atoms with van der Waals surface area (Å²) in [6, 6.07) is 25.6. The van der Waals surface area contributed by atoms with Gasteiger partial charge in [-0.05, 0) is 152 Å². The Bertz CT molecular complexity index is 2250. The lowest BCUT2D eigenvalue weighted by Crippen LogP contribution is -2.41. The lowest BCUT2D eigenvalue weighted by Gasteiger charge is -2.35. The van der Waals surface area contributed by atoms with E-state index in [4.69, 9.17) is 20.9 Å². The van der Waals surface area contributed by atoms with Gasteiger partial charge in [-0.25, -0.2) is 0 Å². The lowest BCUT2D eigenvalue weighted by atomic mass is 9.86. The zero-order valence-electron chi connectivity index (χ0n) is 37.2. The highest BCUT2D eigenvalue weighted by Gasteiger charge is 2.27. The van der Waals surface area contributed by atoms with Crippen LogP contribution in [0.4, 0.5) is 5.69 Å². The fraction of sp³-hybridized carbons (Fsp3) is 0.426. The Labute approximate surface area is 384 Å². The van der Waals surface area contributed by atoms with Gasteiger partial charge in [0.05, 0.1) is 0 Å². The fourth-order valence-corrected chi connectivity index (χ4v) is 9.08. The number of hydrogen-bond donors (Lipinski definition) is 2. The Morgan fingerprint density at radius 1 is 0.781 bits per heavy atom. The Balaban J connectivity index is 0.000000215. The van der Waals surface area contributed by atoms with Crippen molar-refractivity contribution in [3.05, 3.63) is 149 Å². The van der Waals surface area contributed by atoms with Crippen molar-refractivity contribution in [2.75, 3.05) is 58.8 Å². The molecule has 0 fully saturated rings. The maximum atomic E-state index is 11.8. The van der Waals surface area contributed by atoms with Crippen LogP contribution in [0.2, 0.25) is 0 Å². The summed E-state index contributed by atoms with van der Waals surface area (Å²) in [5.41, 5.74) is 21.9. The average Bonchev–Trinajstić information content (AvgIpc) is 4.05. The SMILES string of the molecule is CCCN(CCc1cccs1)[C@H]1CCc2c(cccc2OC(=O)CN=[N+]=[N-])C1.CN(C)c1ccncc1.CN(CCc1cccs1)[C@H]1CCc2c(O)cccc2C1.[N-]=[N+]=NCC(=O)O. The molecule has 0 saturated heterocycles. The van der Waals surface area contributed by atoms with Crippen LogP contribution >= 0.6 is 22.7 Å². The van der Waals surface area contributed by atoms with Crippen LogP contribution in [-0.2, 0) is 48.1 Å². The molecular formula is C47H60N10O5S2. The number of carbonyl (C=O) groups excluding carboxylic acids is 1.